The summed E-state index contributed by atoms with van der Waals surface area (Å²) in [6.07, 6.45) is 1.34. The smallest absolute Gasteiger partial charge is 0.251 e. The number of benzene rings is 1. The van der Waals surface area contributed by atoms with E-state index in [1.54, 1.807) is 4.90 Å². The van der Waals surface area contributed by atoms with Gasteiger partial charge in [-0.25, -0.2) is 0 Å². The van der Waals surface area contributed by atoms with Crippen LogP contribution in [0.2, 0.25) is 0 Å². The Hall–Kier alpha value is -2.57. The molecule has 7 heteroatoms. The van der Waals surface area contributed by atoms with Crippen molar-refractivity contribution in [1.82, 2.24) is 15.5 Å². The summed E-state index contributed by atoms with van der Waals surface area (Å²) in [6.45, 7) is 3.46. The molecule has 0 atom stereocenters. The first-order chi connectivity index (χ1) is 11.5. The Labute approximate surface area is 141 Å². The molecule has 1 fully saturated rings. The first kappa shape index (κ1) is 17.8. The van der Waals surface area contributed by atoms with Gasteiger partial charge in [-0.15, -0.1) is 0 Å². The van der Waals surface area contributed by atoms with Crippen molar-refractivity contribution in [2.45, 2.75) is 19.8 Å². The largest absolute Gasteiger partial charge is 0.508 e. The summed E-state index contributed by atoms with van der Waals surface area (Å²) in [5.41, 5.74) is 0.454. The standard InChI is InChI=1S/C17H23N3O4/c1-12(21)20-10-6-14(7-11-20)17(24)19-9-8-18-16(23)13-2-4-15(22)5-3-13/h2-5,14,22H,6-11H2,1H3,(H,18,23)(H,19,24). The third-order valence-electron chi connectivity index (χ3n) is 4.15. The van der Waals surface area contributed by atoms with E-state index in [1.807, 2.05) is 0 Å². The number of likely N-dealkylation sites (tertiary alicyclic amines) is 1. The quantitative estimate of drug-likeness (QED) is 0.683. The molecule has 2 rings (SSSR count). The van der Waals surface area contributed by atoms with Crippen molar-refractivity contribution in [3.63, 3.8) is 0 Å². The van der Waals surface area contributed by atoms with E-state index in [0.717, 1.165) is 0 Å². The van der Waals surface area contributed by atoms with Crippen LogP contribution in [0.5, 0.6) is 5.75 Å². The van der Waals surface area contributed by atoms with Gasteiger partial charge in [0.25, 0.3) is 5.91 Å². The summed E-state index contributed by atoms with van der Waals surface area (Å²) in [4.78, 5) is 36.9. The zero-order valence-electron chi connectivity index (χ0n) is 13.7. The lowest BCUT2D eigenvalue weighted by atomic mass is 9.96. The number of nitrogens with one attached hydrogen (secondary N) is 2. The van der Waals surface area contributed by atoms with Gasteiger partial charge in [-0.2, -0.15) is 0 Å². The first-order valence-electron chi connectivity index (χ1n) is 8.08. The van der Waals surface area contributed by atoms with Crippen molar-refractivity contribution in [2.24, 2.45) is 5.92 Å². The van der Waals surface area contributed by atoms with E-state index in [-0.39, 0.29) is 29.4 Å². The number of phenols is 1. The second-order valence-corrected chi connectivity index (χ2v) is 5.87. The fraction of sp³-hybridized carbons (Fsp3) is 0.471. The molecule has 0 saturated carbocycles. The van der Waals surface area contributed by atoms with E-state index in [1.165, 1.54) is 31.2 Å². The minimum atomic E-state index is -0.251. The summed E-state index contributed by atoms with van der Waals surface area (Å²) in [6, 6.07) is 5.96. The van der Waals surface area contributed by atoms with E-state index >= 15 is 0 Å². The zero-order valence-corrected chi connectivity index (χ0v) is 13.7. The van der Waals surface area contributed by atoms with Gasteiger partial charge in [0.2, 0.25) is 11.8 Å². The molecule has 3 N–H and O–H groups in total. The summed E-state index contributed by atoms with van der Waals surface area (Å²) in [5.74, 6) is -0.204. The average molecular weight is 333 g/mol. The van der Waals surface area contributed by atoms with Gasteiger partial charge in [0.15, 0.2) is 0 Å². The molecule has 1 aromatic carbocycles. The molecule has 1 aliphatic rings. The highest BCUT2D eigenvalue weighted by atomic mass is 16.3. The Kier molecular flexibility index (Phi) is 6.17. The van der Waals surface area contributed by atoms with Crippen LogP contribution in [0, 0.1) is 5.92 Å². The number of carbonyl (C=O) groups is 3. The molecule has 0 spiro atoms. The summed E-state index contributed by atoms with van der Waals surface area (Å²) in [7, 11) is 0. The molecular formula is C17H23N3O4. The number of piperidine rings is 1. The summed E-state index contributed by atoms with van der Waals surface area (Å²) in [5, 5.41) is 14.7. The molecule has 3 amide bonds. The van der Waals surface area contributed by atoms with Crippen LogP contribution in [-0.4, -0.2) is 53.9 Å². The van der Waals surface area contributed by atoms with Crippen LogP contribution in [0.1, 0.15) is 30.1 Å². The molecule has 1 aliphatic heterocycles. The number of carbonyl (C=O) groups excluding carboxylic acids is 3. The number of phenolic OH excluding ortho intramolecular Hbond substituents is 1. The maximum atomic E-state index is 12.1. The fourth-order valence-corrected chi connectivity index (χ4v) is 2.68. The molecule has 1 saturated heterocycles. The normalized spacial score (nSPS) is 15.0. The van der Waals surface area contributed by atoms with Gasteiger partial charge in [-0.3, -0.25) is 14.4 Å². The number of nitrogens with zero attached hydrogens (tertiary/aromatic N) is 1. The van der Waals surface area contributed by atoms with Crippen molar-refractivity contribution in [3.8, 4) is 5.75 Å². The van der Waals surface area contributed by atoms with Crippen molar-refractivity contribution < 1.29 is 19.5 Å². The highest BCUT2D eigenvalue weighted by Crippen LogP contribution is 2.17. The highest BCUT2D eigenvalue weighted by molar-refractivity contribution is 5.94. The molecule has 0 aliphatic carbocycles. The van der Waals surface area contributed by atoms with Crippen LogP contribution in [-0.2, 0) is 9.59 Å². The Bertz CT molecular complexity index is 592. The van der Waals surface area contributed by atoms with Crippen LogP contribution < -0.4 is 10.6 Å². The second-order valence-electron chi connectivity index (χ2n) is 5.87. The lowest BCUT2D eigenvalue weighted by Gasteiger charge is -2.30. The van der Waals surface area contributed by atoms with Gasteiger partial charge in [0.05, 0.1) is 0 Å². The lowest BCUT2D eigenvalue weighted by molar-refractivity contribution is -0.133. The predicted molar refractivity (Wildman–Crippen MR) is 88.4 cm³/mol. The number of amides is 3. The highest BCUT2D eigenvalue weighted by Gasteiger charge is 2.25. The van der Waals surface area contributed by atoms with Gasteiger partial charge >= 0.3 is 0 Å². The van der Waals surface area contributed by atoms with Crippen molar-refractivity contribution in [1.29, 1.82) is 0 Å². The number of aromatic hydroxyl groups is 1. The van der Waals surface area contributed by atoms with Gasteiger partial charge in [-0.05, 0) is 37.1 Å². The van der Waals surface area contributed by atoms with E-state index < -0.39 is 0 Å². The first-order valence-corrected chi connectivity index (χ1v) is 8.08. The van der Waals surface area contributed by atoms with Gasteiger partial charge in [0, 0.05) is 44.6 Å². The van der Waals surface area contributed by atoms with Crippen LogP contribution in [0.4, 0.5) is 0 Å². The van der Waals surface area contributed by atoms with Crippen LogP contribution >= 0.6 is 0 Å². The van der Waals surface area contributed by atoms with E-state index in [4.69, 9.17) is 0 Å². The molecule has 0 radical (unpaired) electrons. The topological polar surface area (TPSA) is 98.7 Å². The predicted octanol–water partition coefficient (Wildman–Crippen LogP) is 0.497. The molecule has 130 valence electrons. The molecule has 0 bridgehead atoms. The van der Waals surface area contributed by atoms with E-state index in [0.29, 0.717) is 44.6 Å². The van der Waals surface area contributed by atoms with Gasteiger partial charge in [0.1, 0.15) is 5.75 Å². The van der Waals surface area contributed by atoms with Crippen molar-refractivity contribution in [2.75, 3.05) is 26.2 Å². The maximum Gasteiger partial charge on any atom is 0.251 e. The lowest BCUT2D eigenvalue weighted by Crippen LogP contribution is -2.43. The third-order valence-corrected chi connectivity index (χ3v) is 4.15. The SMILES string of the molecule is CC(=O)N1CCC(C(=O)NCCNC(=O)c2ccc(O)cc2)CC1. The minimum absolute atomic E-state index is 0.0305. The summed E-state index contributed by atoms with van der Waals surface area (Å²) >= 11 is 0. The van der Waals surface area contributed by atoms with Gasteiger partial charge < -0.3 is 20.6 Å². The molecule has 7 nitrogen and oxygen atoms in total. The minimum Gasteiger partial charge on any atom is -0.508 e. The average Bonchev–Trinajstić information content (AvgIpc) is 2.59. The second kappa shape index (κ2) is 8.33. The molecular weight excluding hydrogens is 310 g/mol. The Morgan fingerprint density at radius 2 is 1.67 bits per heavy atom. The monoisotopic (exact) mass is 333 g/mol. The third kappa shape index (κ3) is 4.97. The summed E-state index contributed by atoms with van der Waals surface area (Å²) < 4.78 is 0. The molecule has 24 heavy (non-hydrogen) atoms. The van der Waals surface area contributed by atoms with Crippen LogP contribution in [0.25, 0.3) is 0 Å². The Morgan fingerprint density at radius 1 is 1.08 bits per heavy atom. The van der Waals surface area contributed by atoms with Crippen molar-refractivity contribution in [3.05, 3.63) is 29.8 Å². The maximum absolute atomic E-state index is 12.1. The van der Waals surface area contributed by atoms with Gasteiger partial charge in [-0.1, -0.05) is 0 Å². The molecule has 0 unspecified atom stereocenters. The molecule has 0 aromatic heterocycles. The fourth-order valence-electron chi connectivity index (χ4n) is 2.68. The Morgan fingerprint density at radius 3 is 2.25 bits per heavy atom. The van der Waals surface area contributed by atoms with Crippen LogP contribution in [0.15, 0.2) is 24.3 Å². The molecule has 1 heterocycles. The van der Waals surface area contributed by atoms with E-state index in [2.05, 4.69) is 10.6 Å². The van der Waals surface area contributed by atoms with Crippen molar-refractivity contribution >= 4 is 17.7 Å². The van der Waals surface area contributed by atoms with E-state index in [9.17, 15) is 19.5 Å². The number of hydrogen-bond donors (Lipinski definition) is 3. The zero-order chi connectivity index (χ0) is 17.5. The van der Waals surface area contributed by atoms with Crippen LogP contribution in [0.3, 0.4) is 0 Å². The number of rotatable bonds is 5. The number of hydrogen-bond acceptors (Lipinski definition) is 4. The molecule has 1 aromatic rings. The Balaban J connectivity index is 1.65.